The number of fused-ring (bicyclic) bond motifs is 1. The Hall–Kier alpha value is -0.500. The van der Waals surface area contributed by atoms with Crippen LogP contribution in [0.4, 0.5) is 0 Å². The minimum atomic E-state index is 0.335. The van der Waals surface area contributed by atoms with Crippen LogP contribution in [0.2, 0.25) is 0 Å². The van der Waals surface area contributed by atoms with Gasteiger partial charge in [0.15, 0.2) is 0 Å². The summed E-state index contributed by atoms with van der Waals surface area (Å²) in [6, 6.07) is 2.13. The monoisotopic (exact) mass is 240 g/mol. The Morgan fingerprint density at radius 2 is 2.15 bits per heavy atom. The van der Waals surface area contributed by atoms with Crippen molar-refractivity contribution in [2.45, 2.75) is 33.3 Å². The minimum Gasteiger partial charge on any atom is -0.490 e. The molecule has 0 aromatic heterocycles. The summed E-state index contributed by atoms with van der Waals surface area (Å²) in [5.74, 6) is 1.10. The lowest BCUT2D eigenvalue weighted by atomic mass is 10.0. The fraction of sp³-hybridized carbons (Fsp3) is 0.455. The highest BCUT2D eigenvalue weighted by atomic mass is 79.9. The van der Waals surface area contributed by atoms with Gasteiger partial charge in [-0.25, -0.2) is 0 Å². The third-order valence-electron chi connectivity index (χ3n) is 2.60. The molecule has 70 valence electrons. The maximum atomic E-state index is 5.75. The lowest BCUT2D eigenvalue weighted by Crippen LogP contribution is -2.05. The van der Waals surface area contributed by atoms with Crippen molar-refractivity contribution < 1.29 is 4.74 Å². The predicted molar refractivity (Wildman–Crippen MR) is 57.4 cm³/mol. The average molecular weight is 241 g/mol. The van der Waals surface area contributed by atoms with Gasteiger partial charge in [-0.05, 0) is 38.0 Å². The van der Waals surface area contributed by atoms with Gasteiger partial charge in [0, 0.05) is 16.5 Å². The highest BCUT2D eigenvalue weighted by molar-refractivity contribution is 9.10. The number of ether oxygens (including phenoxy) is 1. The number of rotatable bonds is 0. The normalized spacial score (nSPS) is 19.8. The second-order valence-corrected chi connectivity index (χ2v) is 4.59. The number of aryl methyl sites for hydroxylation is 1. The van der Waals surface area contributed by atoms with Crippen LogP contribution in [0.15, 0.2) is 10.5 Å². The topological polar surface area (TPSA) is 9.23 Å². The van der Waals surface area contributed by atoms with E-state index >= 15 is 0 Å². The van der Waals surface area contributed by atoms with E-state index in [1.165, 1.54) is 21.2 Å². The summed E-state index contributed by atoms with van der Waals surface area (Å²) in [7, 11) is 0. The zero-order valence-electron chi connectivity index (χ0n) is 8.15. The summed E-state index contributed by atoms with van der Waals surface area (Å²) in [6.45, 7) is 6.36. The van der Waals surface area contributed by atoms with Crippen LogP contribution < -0.4 is 4.74 Å². The Kier molecular flexibility index (Phi) is 2.11. The molecule has 0 fully saturated rings. The Morgan fingerprint density at radius 3 is 2.85 bits per heavy atom. The van der Waals surface area contributed by atoms with Crippen molar-refractivity contribution in [2.75, 3.05) is 0 Å². The van der Waals surface area contributed by atoms with Crippen LogP contribution in [0, 0.1) is 13.8 Å². The second-order valence-electron chi connectivity index (χ2n) is 3.74. The number of hydrogen-bond donors (Lipinski definition) is 0. The largest absolute Gasteiger partial charge is 0.490 e. The maximum absolute atomic E-state index is 5.75. The third kappa shape index (κ3) is 1.37. The first-order chi connectivity index (χ1) is 6.09. The summed E-state index contributed by atoms with van der Waals surface area (Å²) in [4.78, 5) is 0. The molecule has 1 aliphatic heterocycles. The van der Waals surface area contributed by atoms with Crippen molar-refractivity contribution in [3.63, 3.8) is 0 Å². The van der Waals surface area contributed by atoms with Crippen LogP contribution in [0.1, 0.15) is 23.6 Å². The smallest absolute Gasteiger partial charge is 0.126 e. The molecule has 0 N–H and O–H groups in total. The molecule has 13 heavy (non-hydrogen) atoms. The lowest BCUT2D eigenvalue weighted by Gasteiger charge is -2.08. The molecule has 0 amide bonds. The molecule has 1 nitrogen and oxygen atoms in total. The quantitative estimate of drug-likeness (QED) is 0.676. The van der Waals surface area contributed by atoms with Gasteiger partial charge in [0.2, 0.25) is 0 Å². The SMILES string of the molecule is Cc1cc(Br)c(C)c2c1OC(C)C2. The van der Waals surface area contributed by atoms with Crippen LogP contribution >= 0.6 is 15.9 Å². The van der Waals surface area contributed by atoms with Gasteiger partial charge in [-0.3, -0.25) is 0 Å². The number of benzene rings is 1. The standard InChI is InChI=1S/C11H13BrO/c1-6-4-10(12)8(3)9-5-7(2)13-11(6)9/h4,7H,5H2,1-3H3. The van der Waals surface area contributed by atoms with E-state index < -0.39 is 0 Å². The van der Waals surface area contributed by atoms with E-state index in [1.807, 2.05) is 0 Å². The molecule has 1 heterocycles. The van der Waals surface area contributed by atoms with Crippen molar-refractivity contribution in [1.29, 1.82) is 0 Å². The summed E-state index contributed by atoms with van der Waals surface area (Å²) in [5, 5.41) is 0. The first-order valence-electron chi connectivity index (χ1n) is 4.55. The van der Waals surface area contributed by atoms with E-state index in [9.17, 15) is 0 Å². The number of hydrogen-bond acceptors (Lipinski definition) is 1. The van der Waals surface area contributed by atoms with Crippen molar-refractivity contribution in [2.24, 2.45) is 0 Å². The molecule has 0 saturated carbocycles. The molecule has 0 bridgehead atoms. The highest BCUT2D eigenvalue weighted by Crippen LogP contribution is 2.37. The molecule has 0 spiro atoms. The maximum Gasteiger partial charge on any atom is 0.126 e. The van der Waals surface area contributed by atoms with Gasteiger partial charge in [0.25, 0.3) is 0 Å². The van der Waals surface area contributed by atoms with Crippen molar-refractivity contribution >= 4 is 15.9 Å². The van der Waals surface area contributed by atoms with Crippen molar-refractivity contribution in [3.8, 4) is 5.75 Å². The molecular weight excluding hydrogens is 228 g/mol. The predicted octanol–water partition coefficient (Wildman–Crippen LogP) is 3.39. The van der Waals surface area contributed by atoms with Crippen molar-refractivity contribution in [1.82, 2.24) is 0 Å². The first-order valence-corrected chi connectivity index (χ1v) is 5.34. The Morgan fingerprint density at radius 1 is 1.46 bits per heavy atom. The third-order valence-corrected chi connectivity index (χ3v) is 3.42. The van der Waals surface area contributed by atoms with Crippen LogP contribution in [0.3, 0.4) is 0 Å². The van der Waals surface area contributed by atoms with E-state index in [-0.39, 0.29) is 0 Å². The van der Waals surface area contributed by atoms with E-state index in [0.717, 1.165) is 12.2 Å². The molecule has 1 unspecified atom stereocenters. The van der Waals surface area contributed by atoms with Crippen LogP contribution in [0.25, 0.3) is 0 Å². The Bertz CT molecular complexity index is 358. The van der Waals surface area contributed by atoms with E-state index in [0.29, 0.717) is 6.10 Å². The van der Waals surface area contributed by atoms with Crippen LogP contribution in [-0.2, 0) is 6.42 Å². The molecule has 1 aliphatic rings. The minimum absolute atomic E-state index is 0.335. The summed E-state index contributed by atoms with van der Waals surface area (Å²) in [5.41, 5.74) is 3.93. The van der Waals surface area contributed by atoms with E-state index in [2.05, 4.69) is 42.8 Å². The van der Waals surface area contributed by atoms with Gasteiger partial charge in [-0.1, -0.05) is 15.9 Å². The van der Waals surface area contributed by atoms with Gasteiger partial charge < -0.3 is 4.74 Å². The van der Waals surface area contributed by atoms with E-state index in [1.54, 1.807) is 0 Å². The number of halogens is 1. The second kappa shape index (κ2) is 3.02. The fourth-order valence-electron chi connectivity index (χ4n) is 1.86. The summed E-state index contributed by atoms with van der Waals surface area (Å²) >= 11 is 3.56. The van der Waals surface area contributed by atoms with Gasteiger partial charge in [-0.2, -0.15) is 0 Å². The molecule has 1 atom stereocenters. The van der Waals surface area contributed by atoms with Crippen LogP contribution in [0.5, 0.6) is 5.75 Å². The van der Waals surface area contributed by atoms with E-state index in [4.69, 9.17) is 4.74 Å². The summed E-state index contributed by atoms with van der Waals surface area (Å²) < 4.78 is 6.95. The molecule has 2 rings (SSSR count). The molecule has 1 aromatic rings. The average Bonchev–Trinajstić information content (AvgIpc) is 2.44. The lowest BCUT2D eigenvalue weighted by molar-refractivity contribution is 0.253. The molecule has 0 radical (unpaired) electrons. The Balaban J connectivity index is 2.62. The van der Waals surface area contributed by atoms with Gasteiger partial charge in [0.05, 0.1) is 0 Å². The van der Waals surface area contributed by atoms with Crippen LogP contribution in [-0.4, -0.2) is 6.10 Å². The summed E-state index contributed by atoms with van der Waals surface area (Å²) in [6.07, 6.45) is 1.38. The molecule has 0 saturated heterocycles. The molecule has 1 aromatic carbocycles. The molecule has 2 heteroatoms. The van der Waals surface area contributed by atoms with Gasteiger partial charge in [-0.15, -0.1) is 0 Å². The van der Waals surface area contributed by atoms with Gasteiger partial charge >= 0.3 is 0 Å². The van der Waals surface area contributed by atoms with Gasteiger partial charge in [0.1, 0.15) is 11.9 Å². The molecule has 0 aliphatic carbocycles. The zero-order valence-corrected chi connectivity index (χ0v) is 9.73. The Labute approximate surface area is 87.2 Å². The first kappa shape index (κ1) is 9.07. The zero-order chi connectivity index (χ0) is 9.59. The van der Waals surface area contributed by atoms with Crippen molar-refractivity contribution in [3.05, 3.63) is 27.2 Å². The highest BCUT2D eigenvalue weighted by Gasteiger charge is 2.23. The fourth-order valence-corrected chi connectivity index (χ4v) is 2.44. The molecular formula is C11H13BrO.